The van der Waals surface area contributed by atoms with Crippen molar-refractivity contribution in [2.45, 2.75) is 32.3 Å². The van der Waals surface area contributed by atoms with Crippen LogP contribution in [0.4, 0.5) is 0 Å². The van der Waals surface area contributed by atoms with Crippen molar-refractivity contribution in [3.8, 4) is 5.75 Å². The van der Waals surface area contributed by atoms with Gasteiger partial charge in [0.25, 0.3) is 0 Å². The van der Waals surface area contributed by atoms with E-state index in [-0.39, 0.29) is 5.78 Å². The lowest BCUT2D eigenvalue weighted by Gasteiger charge is -2.12. The molecule has 1 aliphatic carbocycles. The maximum Gasteiger partial charge on any atom is 0.331 e. The van der Waals surface area contributed by atoms with Crippen molar-refractivity contribution in [1.82, 2.24) is 0 Å². The molecule has 0 bridgehead atoms. The van der Waals surface area contributed by atoms with E-state index < -0.39 is 12.1 Å². The Morgan fingerprint density at radius 2 is 1.86 bits per heavy atom. The molecule has 1 aliphatic rings. The van der Waals surface area contributed by atoms with Crippen LogP contribution in [0, 0.1) is 0 Å². The first-order chi connectivity index (χ1) is 13.6. The molecule has 0 radical (unpaired) electrons. The smallest absolute Gasteiger partial charge is 0.331 e. The Bertz CT molecular complexity index is 893. The number of Topliss-reactive ketones (excluding diaryl/α,β-unsaturated/α-hetero) is 1. The Morgan fingerprint density at radius 1 is 1.11 bits per heavy atom. The second-order valence-corrected chi connectivity index (χ2v) is 6.78. The topological polar surface area (TPSA) is 52.6 Å². The van der Waals surface area contributed by atoms with Crippen LogP contribution in [0.2, 0.25) is 0 Å². The van der Waals surface area contributed by atoms with Gasteiger partial charge in [0.2, 0.25) is 5.78 Å². The minimum absolute atomic E-state index is 0.180. The number of carbonyl (C=O) groups is 2. The lowest BCUT2D eigenvalue weighted by atomic mass is 10.0. The number of fused-ring (bicyclic) bond motifs is 1. The fraction of sp³-hybridized carbons (Fsp3) is 0.250. The standard InChI is InChI=1S/C24H24O4/c1-3-15-27-22-12-7-18(8-13-22)9-14-23(25)28-17(2)24(26)21-11-10-19-5-4-6-20(19)16-21/h3,7-14,16-17H,1,4-6,15H2,2H3/b14-9+/t17-/m0/s1. The quantitative estimate of drug-likeness (QED) is 0.293. The van der Waals surface area contributed by atoms with E-state index in [4.69, 9.17) is 9.47 Å². The SMILES string of the molecule is C=CCOc1ccc(/C=C/C(=O)O[C@@H](C)C(=O)c2ccc3c(c2)CCC3)cc1. The van der Waals surface area contributed by atoms with Gasteiger partial charge < -0.3 is 9.47 Å². The number of hydrogen-bond acceptors (Lipinski definition) is 4. The van der Waals surface area contributed by atoms with E-state index in [2.05, 4.69) is 6.58 Å². The molecule has 3 rings (SSSR count). The molecule has 0 fully saturated rings. The molecule has 0 heterocycles. The molecule has 1 atom stereocenters. The number of hydrogen-bond donors (Lipinski definition) is 0. The number of carbonyl (C=O) groups excluding carboxylic acids is 2. The molecule has 0 unspecified atom stereocenters. The molecule has 0 saturated carbocycles. The van der Waals surface area contributed by atoms with Crippen LogP contribution in [-0.2, 0) is 22.4 Å². The molecular weight excluding hydrogens is 352 g/mol. The highest BCUT2D eigenvalue weighted by Crippen LogP contribution is 2.23. The number of ether oxygens (including phenoxy) is 2. The van der Waals surface area contributed by atoms with Gasteiger partial charge in [-0.3, -0.25) is 4.79 Å². The van der Waals surface area contributed by atoms with Gasteiger partial charge >= 0.3 is 5.97 Å². The molecule has 4 heteroatoms. The van der Waals surface area contributed by atoms with Crippen molar-refractivity contribution in [3.05, 3.63) is 83.4 Å². The minimum atomic E-state index is -0.828. The Balaban J connectivity index is 1.55. The first-order valence-corrected chi connectivity index (χ1v) is 9.45. The van der Waals surface area contributed by atoms with Crippen LogP contribution in [0.3, 0.4) is 0 Å². The summed E-state index contributed by atoms with van der Waals surface area (Å²) in [6, 6.07) is 13.1. The van der Waals surface area contributed by atoms with Crippen molar-refractivity contribution in [3.63, 3.8) is 0 Å². The number of rotatable bonds is 8. The highest BCUT2D eigenvalue weighted by atomic mass is 16.5. The van der Waals surface area contributed by atoms with Gasteiger partial charge in [0.05, 0.1) is 0 Å². The van der Waals surface area contributed by atoms with E-state index in [0.717, 1.165) is 30.6 Å². The highest BCUT2D eigenvalue weighted by Gasteiger charge is 2.20. The maximum atomic E-state index is 12.6. The molecule has 4 nitrogen and oxygen atoms in total. The second kappa shape index (κ2) is 9.18. The number of ketones is 1. The summed E-state index contributed by atoms with van der Waals surface area (Å²) in [5.74, 6) is 0.00218. The lowest BCUT2D eigenvalue weighted by Crippen LogP contribution is -2.23. The van der Waals surface area contributed by atoms with Crippen molar-refractivity contribution in [2.24, 2.45) is 0 Å². The van der Waals surface area contributed by atoms with Gasteiger partial charge in [-0.2, -0.15) is 0 Å². The van der Waals surface area contributed by atoms with E-state index in [9.17, 15) is 9.59 Å². The number of esters is 1. The summed E-state index contributed by atoms with van der Waals surface area (Å²) in [7, 11) is 0. The largest absolute Gasteiger partial charge is 0.490 e. The zero-order valence-electron chi connectivity index (χ0n) is 16.0. The Hall–Kier alpha value is -3.14. The van der Waals surface area contributed by atoms with Gasteiger partial charge in [0.15, 0.2) is 6.10 Å². The molecule has 2 aromatic rings. The van der Waals surface area contributed by atoms with Crippen LogP contribution in [0.15, 0.2) is 61.2 Å². The van der Waals surface area contributed by atoms with Gasteiger partial charge in [-0.1, -0.05) is 36.9 Å². The number of benzene rings is 2. The van der Waals surface area contributed by atoms with Crippen molar-refractivity contribution < 1.29 is 19.1 Å². The van der Waals surface area contributed by atoms with Gasteiger partial charge in [-0.05, 0) is 67.2 Å². The van der Waals surface area contributed by atoms with Crippen LogP contribution < -0.4 is 4.74 Å². The predicted molar refractivity (Wildman–Crippen MR) is 110 cm³/mol. The first-order valence-electron chi connectivity index (χ1n) is 9.45. The van der Waals surface area contributed by atoms with Crippen LogP contribution >= 0.6 is 0 Å². The maximum absolute atomic E-state index is 12.6. The molecule has 0 aromatic heterocycles. The molecule has 0 aliphatic heterocycles. The Kier molecular flexibility index (Phi) is 6.43. The summed E-state index contributed by atoms with van der Waals surface area (Å²) in [6.45, 7) is 5.65. The summed E-state index contributed by atoms with van der Waals surface area (Å²) in [5.41, 5.74) is 3.97. The lowest BCUT2D eigenvalue weighted by molar-refractivity contribution is -0.140. The van der Waals surface area contributed by atoms with Crippen molar-refractivity contribution in [2.75, 3.05) is 6.61 Å². The summed E-state index contributed by atoms with van der Waals surface area (Å²) < 4.78 is 10.7. The van der Waals surface area contributed by atoms with Crippen LogP contribution in [-0.4, -0.2) is 24.5 Å². The third-order valence-electron chi connectivity index (χ3n) is 4.70. The zero-order chi connectivity index (χ0) is 19.9. The van der Waals surface area contributed by atoms with Crippen LogP contribution in [0.25, 0.3) is 6.08 Å². The van der Waals surface area contributed by atoms with E-state index in [1.54, 1.807) is 19.1 Å². The van der Waals surface area contributed by atoms with Crippen LogP contribution in [0.5, 0.6) is 5.75 Å². The zero-order valence-corrected chi connectivity index (χ0v) is 16.0. The molecule has 0 N–H and O–H groups in total. The van der Waals surface area contributed by atoms with Gasteiger partial charge in [-0.15, -0.1) is 0 Å². The molecular formula is C24H24O4. The molecule has 0 spiro atoms. The fourth-order valence-electron chi connectivity index (χ4n) is 3.22. The molecule has 0 saturated heterocycles. The summed E-state index contributed by atoms with van der Waals surface area (Å²) in [5, 5.41) is 0. The highest BCUT2D eigenvalue weighted by molar-refractivity contribution is 6.01. The summed E-state index contributed by atoms with van der Waals surface area (Å²) in [6.07, 6.45) is 7.02. The Labute approximate surface area is 165 Å². The molecule has 2 aromatic carbocycles. The number of aryl methyl sites for hydroxylation is 2. The van der Waals surface area contributed by atoms with E-state index in [1.165, 1.54) is 17.2 Å². The fourth-order valence-corrected chi connectivity index (χ4v) is 3.22. The van der Waals surface area contributed by atoms with E-state index >= 15 is 0 Å². The van der Waals surface area contributed by atoms with Gasteiger partial charge in [-0.25, -0.2) is 4.79 Å². The molecule has 28 heavy (non-hydrogen) atoms. The first kappa shape index (κ1) is 19.6. The van der Waals surface area contributed by atoms with Crippen LogP contribution in [0.1, 0.15) is 40.4 Å². The van der Waals surface area contributed by atoms with Gasteiger partial charge in [0, 0.05) is 11.6 Å². The third-order valence-corrected chi connectivity index (χ3v) is 4.70. The summed E-state index contributed by atoms with van der Waals surface area (Å²) in [4.78, 5) is 24.6. The predicted octanol–water partition coefficient (Wildman–Crippen LogP) is 4.57. The second-order valence-electron chi connectivity index (χ2n) is 6.78. The monoisotopic (exact) mass is 376 g/mol. The Morgan fingerprint density at radius 3 is 2.61 bits per heavy atom. The summed E-state index contributed by atoms with van der Waals surface area (Å²) >= 11 is 0. The van der Waals surface area contributed by atoms with E-state index in [0.29, 0.717) is 12.2 Å². The molecule has 144 valence electrons. The average Bonchev–Trinajstić information content (AvgIpc) is 3.18. The minimum Gasteiger partial charge on any atom is -0.490 e. The molecule has 0 amide bonds. The third kappa shape index (κ3) is 4.97. The van der Waals surface area contributed by atoms with Gasteiger partial charge in [0.1, 0.15) is 12.4 Å². The van der Waals surface area contributed by atoms with Crippen molar-refractivity contribution >= 4 is 17.8 Å². The average molecular weight is 376 g/mol. The van der Waals surface area contributed by atoms with Crippen molar-refractivity contribution in [1.29, 1.82) is 0 Å². The normalized spacial score (nSPS) is 13.8. The van der Waals surface area contributed by atoms with E-state index in [1.807, 2.05) is 42.5 Å².